The molecule has 9 heteroatoms. The highest BCUT2D eigenvalue weighted by Crippen LogP contribution is 2.39. The van der Waals surface area contributed by atoms with E-state index in [1.807, 2.05) is 21.6 Å². The van der Waals surface area contributed by atoms with Crippen molar-refractivity contribution in [3.63, 3.8) is 0 Å². The predicted molar refractivity (Wildman–Crippen MR) is 89.9 cm³/mol. The number of hydrogen-bond acceptors (Lipinski definition) is 9. The van der Waals surface area contributed by atoms with Gasteiger partial charge in [0.05, 0.1) is 6.61 Å². The zero-order valence-corrected chi connectivity index (χ0v) is 14.5. The predicted octanol–water partition coefficient (Wildman–Crippen LogP) is -0.147. The summed E-state index contributed by atoms with van der Waals surface area (Å²) in [4.78, 5) is 22.6. The Morgan fingerprint density at radius 1 is 1.39 bits per heavy atom. The molecular formula is C14H25NO6S2. The van der Waals surface area contributed by atoms with Crippen LogP contribution in [0.25, 0.3) is 0 Å². The highest BCUT2D eigenvalue weighted by atomic mass is 33.1. The average Bonchev–Trinajstić information content (AvgIpc) is 3.07. The molecule has 0 aromatic heterocycles. The van der Waals surface area contributed by atoms with Crippen LogP contribution in [0.5, 0.6) is 0 Å². The number of ether oxygens (including phenoxy) is 1. The number of aliphatic hydroxyl groups is 3. The van der Waals surface area contributed by atoms with E-state index in [0.717, 1.165) is 12.8 Å². The number of aldehydes is 1. The van der Waals surface area contributed by atoms with Crippen LogP contribution in [0, 0.1) is 0 Å². The Morgan fingerprint density at radius 3 is 2.70 bits per heavy atom. The summed E-state index contributed by atoms with van der Waals surface area (Å²) in [7, 11) is 3.76. The molecule has 23 heavy (non-hydrogen) atoms. The Bertz CT molecular complexity index is 367. The fourth-order valence-electron chi connectivity index (χ4n) is 2.20. The third-order valence-electron chi connectivity index (χ3n) is 3.61. The maximum atomic E-state index is 11.8. The highest BCUT2D eigenvalue weighted by Gasteiger charge is 2.34. The molecule has 1 heterocycles. The summed E-state index contributed by atoms with van der Waals surface area (Å²) in [6, 6.07) is -1.26. The Morgan fingerprint density at radius 2 is 2.13 bits per heavy atom. The first-order chi connectivity index (χ1) is 11.0. The Kier molecular flexibility index (Phi) is 10.2. The second-order valence-corrected chi connectivity index (χ2v) is 8.27. The van der Waals surface area contributed by atoms with Crippen molar-refractivity contribution < 1.29 is 29.6 Å². The van der Waals surface area contributed by atoms with Gasteiger partial charge >= 0.3 is 5.97 Å². The van der Waals surface area contributed by atoms with Crippen molar-refractivity contribution in [3.8, 4) is 0 Å². The zero-order chi connectivity index (χ0) is 17.2. The topological polar surface area (TPSA) is 130 Å². The Balaban J connectivity index is 2.35. The summed E-state index contributed by atoms with van der Waals surface area (Å²) in [6.45, 7) is -0.724. The van der Waals surface area contributed by atoms with E-state index in [1.54, 1.807) is 0 Å². The van der Waals surface area contributed by atoms with Crippen molar-refractivity contribution in [1.82, 2.24) is 0 Å². The molecule has 0 aliphatic carbocycles. The van der Waals surface area contributed by atoms with Crippen molar-refractivity contribution in [1.29, 1.82) is 0 Å². The molecule has 0 aromatic rings. The molecule has 1 fully saturated rings. The van der Waals surface area contributed by atoms with E-state index in [1.165, 1.54) is 12.2 Å². The number of esters is 1. The van der Waals surface area contributed by atoms with E-state index in [9.17, 15) is 19.8 Å². The van der Waals surface area contributed by atoms with E-state index in [0.29, 0.717) is 18.0 Å². The van der Waals surface area contributed by atoms with Crippen molar-refractivity contribution in [2.45, 2.75) is 61.7 Å². The molecule has 1 saturated heterocycles. The number of nitrogens with two attached hydrogens (primary N) is 1. The molecule has 1 aliphatic heterocycles. The second kappa shape index (κ2) is 11.3. The number of carbonyl (C=O) groups is 2. The highest BCUT2D eigenvalue weighted by molar-refractivity contribution is 8.77. The minimum absolute atomic E-state index is 0.161. The van der Waals surface area contributed by atoms with Crippen LogP contribution in [0.3, 0.4) is 0 Å². The van der Waals surface area contributed by atoms with Gasteiger partial charge in [-0.2, -0.15) is 0 Å². The molecule has 0 amide bonds. The Labute approximate surface area is 143 Å². The van der Waals surface area contributed by atoms with Crippen LogP contribution in [-0.4, -0.2) is 69.5 Å². The van der Waals surface area contributed by atoms with Gasteiger partial charge in [-0.15, -0.1) is 0 Å². The molecule has 7 nitrogen and oxygen atoms in total. The van der Waals surface area contributed by atoms with Gasteiger partial charge in [0.2, 0.25) is 0 Å². The molecule has 134 valence electrons. The molecule has 0 radical (unpaired) electrons. The van der Waals surface area contributed by atoms with Crippen LogP contribution >= 0.6 is 21.6 Å². The van der Waals surface area contributed by atoms with Crippen molar-refractivity contribution in [3.05, 3.63) is 0 Å². The smallest absolute Gasteiger partial charge is 0.306 e. The fraction of sp³-hybridized carbons (Fsp3) is 0.857. The van der Waals surface area contributed by atoms with Gasteiger partial charge in [-0.1, -0.05) is 28.0 Å². The van der Waals surface area contributed by atoms with Crippen molar-refractivity contribution in [2.75, 3.05) is 12.4 Å². The maximum absolute atomic E-state index is 11.8. The minimum atomic E-state index is -1.61. The molecule has 0 bridgehead atoms. The molecule has 5 atom stereocenters. The third-order valence-corrected chi connectivity index (χ3v) is 6.61. The van der Waals surface area contributed by atoms with Crippen LogP contribution in [0.4, 0.5) is 0 Å². The lowest BCUT2D eigenvalue weighted by Gasteiger charge is -2.27. The minimum Gasteiger partial charge on any atom is -0.457 e. The van der Waals surface area contributed by atoms with Crippen LogP contribution in [-0.2, 0) is 14.3 Å². The molecular weight excluding hydrogens is 342 g/mol. The first kappa shape index (κ1) is 20.7. The Hall–Kier alpha value is -0.320. The first-order valence-electron chi connectivity index (χ1n) is 7.65. The number of hydrogen-bond donors (Lipinski definition) is 4. The van der Waals surface area contributed by atoms with E-state index >= 15 is 0 Å². The van der Waals surface area contributed by atoms with Crippen LogP contribution in [0.15, 0.2) is 0 Å². The molecule has 1 unspecified atom stereocenters. The van der Waals surface area contributed by atoms with Crippen molar-refractivity contribution in [2.24, 2.45) is 5.73 Å². The van der Waals surface area contributed by atoms with Gasteiger partial charge in [-0.05, 0) is 19.3 Å². The molecule has 0 aromatic carbocycles. The molecule has 1 rings (SSSR count). The first-order valence-corrected chi connectivity index (χ1v) is 10.0. The monoisotopic (exact) mass is 367 g/mol. The summed E-state index contributed by atoms with van der Waals surface area (Å²) < 4.78 is 5.03. The summed E-state index contributed by atoms with van der Waals surface area (Å²) in [5.74, 6) is 0.596. The van der Waals surface area contributed by atoms with Crippen LogP contribution in [0.1, 0.15) is 32.1 Å². The lowest BCUT2D eigenvalue weighted by Crippen LogP contribution is -2.52. The zero-order valence-electron chi connectivity index (χ0n) is 12.9. The molecule has 0 saturated carbocycles. The van der Waals surface area contributed by atoms with Gasteiger partial charge in [-0.3, -0.25) is 4.79 Å². The summed E-state index contributed by atoms with van der Waals surface area (Å²) in [6.07, 6.45) is -0.220. The average molecular weight is 367 g/mol. The van der Waals surface area contributed by atoms with Gasteiger partial charge in [0.15, 0.2) is 6.10 Å². The van der Waals surface area contributed by atoms with Gasteiger partial charge in [0.1, 0.15) is 24.5 Å². The number of unbranched alkanes of at least 4 members (excludes halogenated alkanes) is 1. The van der Waals surface area contributed by atoms with Gasteiger partial charge < -0.3 is 30.6 Å². The van der Waals surface area contributed by atoms with Gasteiger partial charge in [0.25, 0.3) is 0 Å². The summed E-state index contributed by atoms with van der Waals surface area (Å²) >= 11 is 0. The van der Waals surface area contributed by atoms with E-state index in [2.05, 4.69) is 0 Å². The van der Waals surface area contributed by atoms with Crippen LogP contribution < -0.4 is 5.73 Å². The second-order valence-electron chi connectivity index (χ2n) is 5.48. The lowest BCUT2D eigenvalue weighted by atomic mass is 10.0. The number of aliphatic hydroxyl groups excluding tert-OH is 3. The number of carbonyl (C=O) groups excluding carboxylic acids is 2. The maximum Gasteiger partial charge on any atom is 0.306 e. The van der Waals surface area contributed by atoms with E-state index < -0.39 is 36.9 Å². The fourth-order valence-corrected chi connectivity index (χ4v) is 5.22. The van der Waals surface area contributed by atoms with Crippen LogP contribution in [0.2, 0.25) is 0 Å². The largest absolute Gasteiger partial charge is 0.457 e. The SMILES string of the molecule is N[C@@H](C=O)[C@@H](OC(=O)CCCCC1CCSS1)[C@H](O)[C@H](O)CO. The third kappa shape index (κ3) is 7.40. The van der Waals surface area contributed by atoms with Crippen molar-refractivity contribution >= 4 is 33.8 Å². The molecule has 1 aliphatic rings. The van der Waals surface area contributed by atoms with E-state index in [4.69, 9.17) is 15.6 Å². The van der Waals surface area contributed by atoms with Gasteiger partial charge in [0, 0.05) is 17.4 Å². The van der Waals surface area contributed by atoms with E-state index in [-0.39, 0.29) is 6.42 Å². The summed E-state index contributed by atoms with van der Waals surface area (Å²) in [5.41, 5.74) is 5.49. The normalized spacial score (nSPS) is 23.0. The quantitative estimate of drug-likeness (QED) is 0.170. The number of rotatable bonds is 11. The lowest BCUT2D eigenvalue weighted by molar-refractivity contribution is -0.164. The summed E-state index contributed by atoms with van der Waals surface area (Å²) in [5, 5.41) is 28.7. The molecule has 5 N–H and O–H groups in total. The standard InChI is InChI=1S/C14H25NO6S2/c15-10(7-16)14(13(20)11(18)8-17)21-12(19)4-2-1-3-9-5-6-22-23-9/h7,9-11,13-14,17-18,20H,1-6,8,15H2/t9?,10-,11+,13+,14+/m0/s1. The van der Waals surface area contributed by atoms with Gasteiger partial charge in [-0.25, -0.2) is 0 Å². The molecule has 0 spiro atoms.